The van der Waals surface area contributed by atoms with E-state index in [4.69, 9.17) is 5.73 Å². The quantitative estimate of drug-likeness (QED) is 0.777. The van der Waals surface area contributed by atoms with Gasteiger partial charge in [0.15, 0.2) is 0 Å². The average Bonchev–Trinajstić information content (AvgIpc) is 2.90. The van der Waals surface area contributed by atoms with E-state index in [0.717, 1.165) is 6.54 Å². The molecule has 0 fully saturated rings. The number of hydrogen-bond acceptors (Lipinski definition) is 3. The summed E-state index contributed by atoms with van der Waals surface area (Å²) >= 11 is 1.88. The average molecular weight is 287 g/mol. The van der Waals surface area contributed by atoms with Crippen LogP contribution in [0.2, 0.25) is 0 Å². The summed E-state index contributed by atoms with van der Waals surface area (Å²) in [7, 11) is 0. The molecule has 0 aliphatic carbocycles. The topological polar surface area (TPSA) is 43.8 Å². The molecule has 2 aromatic heterocycles. The number of nitrogens with two attached hydrogens (primary N) is 1. The molecule has 0 amide bonds. The number of aromatic nitrogens is 2. The fourth-order valence-corrected chi connectivity index (χ4v) is 3.60. The van der Waals surface area contributed by atoms with Crippen molar-refractivity contribution in [1.82, 2.24) is 9.78 Å². The maximum Gasteiger partial charge on any atom is 0.0769 e. The van der Waals surface area contributed by atoms with E-state index in [-0.39, 0.29) is 11.5 Å². The first-order chi connectivity index (χ1) is 9.36. The first-order valence-corrected chi connectivity index (χ1v) is 7.82. The van der Waals surface area contributed by atoms with Crippen LogP contribution < -0.4 is 5.73 Å². The minimum Gasteiger partial charge on any atom is -0.326 e. The van der Waals surface area contributed by atoms with Gasteiger partial charge in [0.05, 0.1) is 18.3 Å². The Labute approximate surface area is 123 Å². The second-order valence-corrected chi connectivity index (χ2v) is 7.66. The summed E-state index contributed by atoms with van der Waals surface area (Å²) in [6.07, 6.45) is 1.94. The van der Waals surface area contributed by atoms with Crippen LogP contribution in [0.1, 0.15) is 32.6 Å². The Bertz CT molecular complexity index is 759. The molecule has 0 saturated heterocycles. The molecule has 4 heteroatoms. The summed E-state index contributed by atoms with van der Waals surface area (Å²) in [6, 6.07) is 6.79. The molecule has 3 aromatic rings. The molecular weight excluding hydrogens is 266 g/mol. The zero-order valence-corrected chi connectivity index (χ0v) is 13.3. The zero-order valence-electron chi connectivity index (χ0n) is 12.5. The molecule has 3 nitrogen and oxygen atoms in total. The van der Waals surface area contributed by atoms with Crippen molar-refractivity contribution in [3.8, 4) is 0 Å². The van der Waals surface area contributed by atoms with E-state index in [1.165, 1.54) is 25.9 Å². The Kier molecular flexibility index (Phi) is 3.10. The molecule has 3 rings (SSSR count). The van der Waals surface area contributed by atoms with Crippen molar-refractivity contribution in [2.45, 2.75) is 45.7 Å². The maximum absolute atomic E-state index is 5.93. The second kappa shape index (κ2) is 4.57. The SMILES string of the molecule is C[C@H](N)Cn1ncc2ccc3sc(C(C)(C)C)cc3c21. The second-order valence-electron chi connectivity index (χ2n) is 6.58. The predicted octanol–water partition coefficient (Wildman–Crippen LogP) is 3.90. The number of rotatable bonds is 2. The van der Waals surface area contributed by atoms with Gasteiger partial charge in [0.2, 0.25) is 0 Å². The number of fused-ring (bicyclic) bond motifs is 3. The van der Waals surface area contributed by atoms with E-state index < -0.39 is 0 Å². The van der Waals surface area contributed by atoms with Gasteiger partial charge in [-0.3, -0.25) is 4.68 Å². The predicted molar refractivity (Wildman–Crippen MR) is 87.5 cm³/mol. The number of nitrogens with zero attached hydrogens (tertiary/aromatic N) is 2. The molecular formula is C16H21N3S. The van der Waals surface area contributed by atoms with Gasteiger partial charge in [0, 0.05) is 26.4 Å². The van der Waals surface area contributed by atoms with Gasteiger partial charge in [-0.05, 0) is 30.5 Å². The van der Waals surface area contributed by atoms with Gasteiger partial charge >= 0.3 is 0 Å². The number of hydrogen-bond donors (Lipinski definition) is 1. The van der Waals surface area contributed by atoms with Crippen LogP contribution in [0.25, 0.3) is 21.0 Å². The van der Waals surface area contributed by atoms with Crippen LogP contribution in [0, 0.1) is 0 Å². The standard InChI is InChI=1S/C16H21N3S/c1-10(17)9-19-15-11(8-18-19)5-6-13-12(15)7-14(20-13)16(2,3)4/h5-8,10H,9,17H2,1-4H3/t10-/m0/s1. The fourth-order valence-electron chi connectivity index (χ4n) is 2.48. The molecule has 1 aromatic carbocycles. The lowest BCUT2D eigenvalue weighted by atomic mass is 9.94. The third kappa shape index (κ3) is 2.23. The molecule has 20 heavy (non-hydrogen) atoms. The summed E-state index contributed by atoms with van der Waals surface area (Å²) in [4.78, 5) is 1.41. The summed E-state index contributed by atoms with van der Waals surface area (Å²) < 4.78 is 3.37. The molecule has 0 aliphatic rings. The van der Waals surface area contributed by atoms with Crippen molar-refractivity contribution < 1.29 is 0 Å². The largest absolute Gasteiger partial charge is 0.326 e. The summed E-state index contributed by atoms with van der Waals surface area (Å²) in [5.74, 6) is 0. The van der Waals surface area contributed by atoms with Gasteiger partial charge in [-0.25, -0.2) is 0 Å². The smallest absolute Gasteiger partial charge is 0.0769 e. The minimum atomic E-state index is 0.106. The molecule has 0 spiro atoms. The van der Waals surface area contributed by atoms with Gasteiger partial charge in [0.25, 0.3) is 0 Å². The van der Waals surface area contributed by atoms with Crippen molar-refractivity contribution in [2.75, 3.05) is 0 Å². The number of thiophene rings is 1. The Morgan fingerprint density at radius 1 is 1.35 bits per heavy atom. The highest BCUT2D eigenvalue weighted by molar-refractivity contribution is 7.19. The summed E-state index contributed by atoms with van der Waals surface area (Å²) in [5, 5.41) is 6.99. The molecule has 0 radical (unpaired) electrons. The molecule has 0 bridgehead atoms. The van der Waals surface area contributed by atoms with Crippen LogP contribution in [0.3, 0.4) is 0 Å². The van der Waals surface area contributed by atoms with Gasteiger partial charge in [-0.2, -0.15) is 5.10 Å². The van der Waals surface area contributed by atoms with E-state index in [2.05, 4.69) is 44.1 Å². The van der Waals surface area contributed by atoms with Crippen molar-refractivity contribution in [1.29, 1.82) is 0 Å². The van der Waals surface area contributed by atoms with Crippen LogP contribution in [-0.4, -0.2) is 15.8 Å². The van der Waals surface area contributed by atoms with E-state index in [0.29, 0.717) is 0 Å². The van der Waals surface area contributed by atoms with Crippen LogP contribution in [0.4, 0.5) is 0 Å². The van der Waals surface area contributed by atoms with Gasteiger partial charge in [-0.1, -0.05) is 20.8 Å². The van der Waals surface area contributed by atoms with E-state index in [1.807, 2.05) is 29.1 Å². The van der Waals surface area contributed by atoms with Gasteiger partial charge < -0.3 is 5.73 Å². The van der Waals surface area contributed by atoms with Crippen molar-refractivity contribution in [3.63, 3.8) is 0 Å². The van der Waals surface area contributed by atoms with Crippen LogP contribution >= 0.6 is 11.3 Å². The summed E-state index contributed by atoms with van der Waals surface area (Å²) in [6.45, 7) is 9.54. The highest BCUT2D eigenvalue weighted by atomic mass is 32.1. The zero-order chi connectivity index (χ0) is 14.5. The lowest BCUT2D eigenvalue weighted by Gasteiger charge is -2.14. The van der Waals surface area contributed by atoms with Gasteiger partial charge in [-0.15, -0.1) is 11.3 Å². The maximum atomic E-state index is 5.93. The molecule has 106 valence electrons. The molecule has 0 saturated carbocycles. The molecule has 1 atom stereocenters. The van der Waals surface area contributed by atoms with Crippen LogP contribution in [-0.2, 0) is 12.0 Å². The third-order valence-electron chi connectivity index (χ3n) is 3.50. The monoisotopic (exact) mass is 287 g/mol. The fraction of sp³-hybridized carbons (Fsp3) is 0.438. The van der Waals surface area contributed by atoms with Crippen LogP contribution in [0.5, 0.6) is 0 Å². The first kappa shape index (κ1) is 13.6. The molecule has 0 unspecified atom stereocenters. The Morgan fingerprint density at radius 2 is 2.10 bits per heavy atom. The molecule has 2 N–H and O–H groups in total. The Balaban J connectivity index is 2.27. The van der Waals surface area contributed by atoms with E-state index in [1.54, 1.807) is 0 Å². The normalized spacial score (nSPS) is 14.2. The highest BCUT2D eigenvalue weighted by Crippen LogP contribution is 2.37. The minimum absolute atomic E-state index is 0.106. The number of benzene rings is 1. The third-order valence-corrected chi connectivity index (χ3v) is 5.02. The van der Waals surface area contributed by atoms with Crippen molar-refractivity contribution >= 4 is 32.3 Å². The van der Waals surface area contributed by atoms with Crippen molar-refractivity contribution in [3.05, 3.63) is 29.3 Å². The van der Waals surface area contributed by atoms with Crippen LogP contribution in [0.15, 0.2) is 24.4 Å². The lowest BCUT2D eigenvalue weighted by Crippen LogP contribution is -2.22. The van der Waals surface area contributed by atoms with Gasteiger partial charge in [0.1, 0.15) is 0 Å². The van der Waals surface area contributed by atoms with E-state index in [9.17, 15) is 0 Å². The first-order valence-electron chi connectivity index (χ1n) is 7.00. The molecule has 0 aliphatic heterocycles. The molecule has 2 heterocycles. The Hall–Kier alpha value is -1.39. The Morgan fingerprint density at radius 3 is 2.75 bits per heavy atom. The van der Waals surface area contributed by atoms with E-state index >= 15 is 0 Å². The lowest BCUT2D eigenvalue weighted by molar-refractivity contribution is 0.554. The summed E-state index contributed by atoms with van der Waals surface area (Å²) in [5.41, 5.74) is 7.33. The highest BCUT2D eigenvalue weighted by Gasteiger charge is 2.19. The van der Waals surface area contributed by atoms with Crippen molar-refractivity contribution in [2.24, 2.45) is 5.73 Å².